The van der Waals surface area contributed by atoms with Crippen LogP contribution in [0.2, 0.25) is 0 Å². The fourth-order valence-electron chi connectivity index (χ4n) is 0. The summed E-state index contributed by atoms with van der Waals surface area (Å²) >= 11 is 0. The second kappa shape index (κ2) is 16.2. The molecule has 2 radical (unpaired) electrons. The average Bonchev–Trinajstić information content (AvgIpc) is 0. The van der Waals surface area contributed by atoms with Gasteiger partial charge in [0.05, 0.1) is 0 Å². The number of hydrogen-bond donors (Lipinski definition) is 0. The van der Waals surface area contributed by atoms with Gasteiger partial charge in [-0.1, -0.05) is 0 Å². The molecule has 1 nitrogen and oxygen atoms in total. The molecule has 0 aromatic rings. The van der Waals surface area contributed by atoms with Crippen LogP contribution in [0.25, 0.3) is 0 Å². The second-order valence-corrected chi connectivity index (χ2v) is 0. The average molecular weight is 303 g/mol. The Hall–Kier alpha value is 3.32. The van der Waals surface area contributed by atoms with Crippen molar-refractivity contribution in [3.05, 3.63) is 0 Å². The summed E-state index contributed by atoms with van der Waals surface area (Å²) in [6.45, 7) is 0. The third kappa shape index (κ3) is 9.01. The van der Waals surface area contributed by atoms with Gasteiger partial charge in [-0.15, -0.1) is 0 Å². The maximum atomic E-state index is 0. The largest absolute Gasteiger partial charge is 2.00 e. The van der Waals surface area contributed by atoms with Crippen LogP contribution in [-0.2, 0) is 17.1 Å². The van der Waals surface area contributed by atoms with Gasteiger partial charge in [-0.3, -0.25) is 0 Å². The molecule has 2 N–H and O–H groups in total. The molecule has 0 rings (SSSR count). The first-order valence-electron chi connectivity index (χ1n) is 0. The minimum atomic E-state index is 0. The fourth-order valence-corrected chi connectivity index (χ4v) is 0. The van der Waals surface area contributed by atoms with E-state index in [1.165, 1.54) is 0 Å². The van der Waals surface area contributed by atoms with Gasteiger partial charge >= 0.3 is 45.5 Å². The monoisotopic (exact) mass is 304 g/mol. The van der Waals surface area contributed by atoms with Crippen LogP contribution in [-0.4, -0.2) is 51.0 Å². The van der Waals surface area contributed by atoms with E-state index in [-0.39, 0.29) is 112 Å². The first kappa shape index (κ1) is 26.5. The Balaban J connectivity index is 0. The summed E-state index contributed by atoms with van der Waals surface area (Å²) in [4.78, 5) is 0. The molecule has 0 unspecified atom stereocenters. The van der Waals surface area contributed by atoms with E-state index in [1.807, 2.05) is 0 Å². The Bertz CT molecular complexity index is 13.5. The molecule has 0 saturated carbocycles. The molecule has 0 aliphatic carbocycles. The maximum absolute atomic E-state index is 0. The summed E-state index contributed by atoms with van der Waals surface area (Å²) in [7, 11) is 0. The molecule has 0 aromatic carbocycles. The Morgan fingerprint density at radius 1 is 1.25 bits per heavy atom. The standard InChI is InChI=1S/Mn.H2O.Pr.Sr.2H/h;1H2;;;;/q;;;+2;2*-1. The maximum Gasteiger partial charge on any atom is 2.00 e. The van der Waals surface area contributed by atoms with E-state index in [2.05, 4.69) is 0 Å². The van der Waals surface area contributed by atoms with Gasteiger partial charge in [0.2, 0.25) is 0 Å². The normalized spacial score (nSPS) is 0. The molecule has 0 amide bonds. The summed E-state index contributed by atoms with van der Waals surface area (Å²) < 4.78 is 0. The van der Waals surface area contributed by atoms with Crippen LogP contribution in [0.1, 0.15) is 2.85 Å². The van der Waals surface area contributed by atoms with Crippen molar-refractivity contribution in [1.82, 2.24) is 0 Å². The van der Waals surface area contributed by atoms with Gasteiger partial charge < -0.3 is 8.33 Å². The van der Waals surface area contributed by atoms with Crippen molar-refractivity contribution in [3.63, 3.8) is 0 Å². The molecule has 0 saturated heterocycles. The number of rotatable bonds is 0. The van der Waals surface area contributed by atoms with Crippen LogP contribution in [0.5, 0.6) is 0 Å². The SMILES string of the molecule is O.[H-].[H-].[Mn].[Pr].[Sr+2]. The predicted molar refractivity (Wildman–Crippen MR) is 11.6 cm³/mol. The van der Waals surface area contributed by atoms with E-state index in [9.17, 15) is 0 Å². The van der Waals surface area contributed by atoms with Crippen molar-refractivity contribution in [2.75, 3.05) is 0 Å². The van der Waals surface area contributed by atoms with Crippen LogP contribution >= 0.6 is 0 Å². The minimum absolute atomic E-state index is 0. The van der Waals surface area contributed by atoms with E-state index in [1.54, 1.807) is 0 Å². The summed E-state index contributed by atoms with van der Waals surface area (Å²) in [5, 5.41) is 0. The van der Waals surface area contributed by atoms with Crippen molar-refractivity contribution in [1.29, 1.82) is 0 Å². The Kier molecular flexibility index (Phi) is 108. The van der Waals surface area contributed by atoms with E-state index < -0.39 is 0 Å². The van der Waals surface area contributed by atoms with E-state index >= 15 is 0 Å². The number of hydrogen-bond acceptors (Lipinski definition) is 0. The minimum Gasteiger partial charge on any atom is -1.00 e. The molecular weight excluding hydrogens is 299 g/mol. The predicted octanol–water partition coefficient (Wildman–Crippen LogP) is -0.983. The van der Waals surface area contributed by atoms with Crippen LogP contribution in [0.3, 0.4) is 0 Å². The van der Waals surface area contributed by atoms with Crippen molar-refractivity contribution in [2.45, 2.75) is 0 Å². The zero-order chi connectivity index (χ0) is 0. The summed E-state index contributed by atoms with van der Waals surface area (Å²) in [6, 6.07) is 0. The van der Waals surface area contributed by atoms with Gasteiger partial charge in [-0.2, -0.15) is 0 Å². The van der Waals surface area contributed by atoms with E-state index in [4.69, 9.17) is 0 Å². The Labute approximate surface area is 109 Å². The molecule has 0 heterocycles. The van der Waals surface area contributed by atoms with Gasteiger partial charge in [-0.25, -0.2) is 0 Å². The van der Waals surface area contributed by atoms with Crippen LogP contribution in [0.4, 0.5) is 0 Å². The Morgan fingerprint density at radius 2 is 1.25 bits per heavy atom. The molecular formula is H4MnOPrSr. The summed E-state index contributed by atoms with van der Waals surface area (Å²) in [5.41, 5.74) is 0. The Morgan fingerprint density at radius 3 is 1.25 bits per heavy atom. The van der Waals surface area contributed by atoms with E-state index in [0.29, 0.717) is 0 Å². The third-order valence-corrected chi connectivity index (χ3v) is 0. The summed E-state index contributed by atoms with van der Waals surface area (Å²) in [5.74, 6) is 0. The fraction of sp³-hybridized carbons (Fsp3) is 0. The summed E-state index contributed by atoms with van der Waals surface area (Å²) in [6.07, 6.45) is 0. The zero-order valence-corrected chi connectivity index (χ0v) is 10.5. The molecule has 0 atom stereocenters. The van der Waals surface area contributed by atoms with Crippen molar-refractivity contribution in [3.8, 4) is 0 Å². The van der Waals surface area contributed by atoms with Gasteiger partial charge in [0.1, 0.15) is 0 Å². The van der Waals surface area contributed by atoms with Crippen molar-refractivity contribution < 1.29 is 66.7 Å². The molecule has 0 bridgehead atoms. The quantitative estimate of drug-likeness (QED) is 0.515. The molecule has 0 aliphatic rings. The van der Waals surface area contributed by atoms with Gasteiger partial charge in [0.25, 0.3) is 0 Å². The van der Waals surface area contributed by atoms with Gasteiger partial charge in [0, 0.05) is 58.4 Å². The smallest absolute Gasteiger partial charge is 1.00 e. The molecule has 0 spiro atoms. The first-order chi connectivity index (χ1) is 0. The van der Waals surface area contributed by atoms with Crippen LogP contribution in [0.15, 0.2) is 0 Å². The molecule has 0 aromatic heterocycles. The molecule has 0 aliphatic heterocycles. The third-order valence-electron chi connectivity index (χ3n) is 0. The van der Waals surface area contributed by atoms with Crippen molar-refractivity contribution >= 4 is 45.5 Å². The molecule has 4 heteroatoms. The zero-order valence-electron chi connectivity index (χ0n) is 4.16. The van der Waals surface area contributed by atoms with Gasteiger partial charge in [0.15, 0.2) is 0 Å². The molecule has 4 heavy (non-hydrogen) atoms. The van der Waals surface area contributed by atoms with E-state index in [0.717, 1.165) is 0 Å². The topological polar surface area (TPSA) is 31.5 Å². The van der Waals surface area contributed by atoms with Crippen LogP contribution < -0.4 is 0 Å². The van der Waals surface area contributed by atoms with Crippen LogP contribution in [0, 0.1) is 41.3 Å². The molecule has 0 fully saturated rings. The van der Waals surface area contributed by atoms with Gasteiger partial charge in [-0.05, 0) is 0 Å². The molecule has 22 valence electrons. The van der Waals surface area contributed by atoms with Crippen molar-refractivity contribution in [2.24, 2.45) is 0 Å². The first-order valence-corrected chi connectivity index (χ1v) is 0. The second-order valence-electron chi connectivity index (χ2n) is 0.